The van der Waals surface area contributed by atoms with Crippen molar-refractivity contribution in [3.8, 4) is 0 Å². The first-order valence-corrected chi connectivity index (χ1v) is 10.2. The first kappa shape index (κ1) is 18.1. The van der Waals surface area contributed by atoms with Gasteiger partial charge in [-0.15, -0.1) is 0 Å². The van der Waals surface area contributed by atoms with Gasteiger partial charge >= 0.3 is 6.03 Å². The number of carbonyl (C=O) groups excluding carboxylic acids is 1. The second-order valence-corrected chi connectivity index (χ2v) is 8.26. The fourth-order valence-corrected chi connectivity index (χ4v) is 4.81. The number of rotatable bonds is 5. The van der Waals surface area contributed by atoms with Crippen LogP contribution in [0.25, 0.3) is 0 Å². The Kier molecular flexibility index (Phi) is 5.39. The minimum Gasteiger partial charge on any atom is -0.372 e. The van der Waals surface area contributed by atoms with E-state index in [1.54, 1.807) is 0 Å². The summed E-state index contributed by atoms with van der Waals surface area (Å²) < 4.78 is 6.15. The smallest absolute Gasteiger partial charge is 0.317 e. The molecule has 6 heteroatoms. The molecule has 1 aromatic carbocycles. The molecule has 1 atom stereocenters. The van der Waals surface area contributed by atoms with Crippen molar-refractivity contribution < 1.29 is 9.53 Å². The number of urea groups is 1. The van der Waals surface area contributed by atoms with E-state index in [0.717, 1.165) is 76.6 Å². The Labute approximate surface area is 160 Å². The number of nitrogens with zero attached hydrogens (tertiary/aromatic N) is 2. The molecule has 3 aliphatic rings. The molecular formula is C20H28ClN3O2. The van der Waals surface area contributed by atoms with Crippen LogP contribution in [0.3, 0.4) is 0 Å². The van der Waals surface area contributed by atoms with Crippen molar-refractivity contribution in [3.63, 3.8) is 0 Å². The lowest BCUT2D eigenvalue weighted by molar-refractivity contribution is -0.136. The summed E-state index contributed by atoms with van der Waals surface area (Å²) in [7, 11) is 0. The van der Waals surface area contributed by atoms with E-state index in [-0.39, 0.29) is 11.6 Å². The minimum absolute atomic E-state index is 0.0143. The van der Waals surface area contributed by atoms with Crippen LogP contribution in [0.1, 0.15) is 31.2 Å². The number of carbonyl (C=O) groups is 1. The molecule has 0 unspecified atom stereocenters. The molecule has 26 heavy (non-hydrogen) atoms. The Morgan fingerprint density at radius 3 is 2.81 bits per heavy atom. The van der Waals surface area contributed by atoms with Crippen molar-refractivity contribution in [3.05, 3.63) is 34.9 Å². The maximum absolute atomic E-state index is 12.1. The van der Waals surface area contributed by atoms with E-state index in [9.17, 15) is 4.79 Å². The second-order valence-electron chi connectivity index (χ2n) is 7.85. The van der Waals surface area contributed by atoms with Crippen LogP contribution in [-0.4, -0.2) is 60.8 Å². The fourth-order valence-electron chi connectivity index (χ4n) is 4.62. The lowest BCUT2D eigenvalue weighted by Crippen LogP contribution is -2.64. The van der Waals surface area contributed by atoms with Crippen molar-refractivity contribution in [2.75, 3.05) is 39.3 Å². The molecule has 4 rings (SSSR count). The Morgan fingerprint density at radius 1 is 1.27 bits per heavy atom. The highest BCUT2D eigenvalue weighted by molar-refractivity contribution is 6.31. The van der Waals surface area contributed by atoms with Crippen LogP contribution >= 0.6 is 11.6 Å². The molecule has 3 heterocycles. The van der Waals surface area contributed by atoms with Crippen molar-refractivity contribution in [2.24, 2.45) is 5.92 Å². The average Bonchev–Trinajstić information content (AvgIpc) is 3.26. The largest absolute Gasteiger partial charge is 0.372 e. The van der Waals surface area contributed by atoms with Gasteiger partial charge in [-0.25, -0.2) is 4.79 Å². The van der Waals surface area contributed by atoms with Crippen molar-refractivity contribution in [2.45, 2.75) is 37.8 Å². The highest BCUT2D eigenvalue weighted by Gasteiger charge is 2.52. The lowest BCUT2D eigenvalue weighted by atomic mass is 9.78. The molecule has 2 amide bonds. The van der Waals surface area contributed by atoms with Gasteiger partial charge in [0, 0.05) is 50.9 Å². The quantitative estimate of drug-likeness (QED) is 0.857. The Balaban J connectivity index is 1.24. The summed E-state index contributed by atoms with van der Waals surface area (Å²) in [5, 5.41) is 3.93. The molecule has 3 aliphatic heterocycles. The summed E-state index contributed by atoms with van der Waals surface area (Å²) in [4.78, 5) is 16.4. The van der Waals surface area contributed by atoms with E-state index in [4.69, 9.17) is 16.3 Å². The van der Waals surface area contributed by atoms with E-state index in [1.807, 2.05) is 23.1 Å². The van der Waals surface area contributed by atoms with Crippen LogP contribution < -0.4 is 5.32 Å². The molecule has 0 saturated carbocycles. The number of benzene rings is 1. The van der Waals surface area contributed by atoms with Crippen LogP contribution in [-0.2, 0) is 11.3 Å². The molecule has 1 N–H and O–H groups in total. The van der Waals surface area contributed by atoms with Crippen LogP contribution in [0.4, 0.5) is 4.79 Å². The van der Waals surface area contributed by atoms with Gasteiger partial charge in [0.1, 0.15) is 0 Å². The number of ether oxygens (including phenoxy) is 1. The molecule has 5 nitrogen and oxygen atoms in total. The van der Waals surface area contributed by atoms with E-state index in [1.165, 1.54) is 5.56 Å². The molecule has 0 aromatic heterocycles. The van der Waals surface area contributed by atoms with E-state index in [2.05, 4.69) is 16.3 Å². The minimum atomic E-state index is -0.0143. The molecule has 1 aromatic rings. The standard InChI is InChI=1S/C20H28ClN3O2/c21-18-6-2-1-5-16(18)13-23-14-20(15-23)17(8-12-26-20)7-9-22-19(25)24-10-3-4-11-24/h1-2,5-6,17H,3-4,7-15H2,(H,22,25)/t17-/m1/s1. The van der Waals surface area contributed by atoms with Crippen LogP contribution in [0.15, 0.2) is 24.3 Å². The van der Waals surface area contributed by atoms with E-state index >= 15 is 0 Å². The van der Waals surface area contributed by atoms with Gasteiger partial charge in [-0.3, -0.25) is 4.90 Å². The zero-order valence-electron chi connectivity index (χ0n) is 15.3. The second kappa shape index (κ2) is 7.75. The third-order valence-corrected chi connectivity index (χ3v) is 6.47. The molecule has 0 aliphatic carbocycles. The zero-order valence-corrected chi connectivity index (χ0v) is 16.0. The summed E-state index contributed by atoms with van der Waals surface area (Å²) in [6.07, 6.45) is 4.36. The van der Waals surface area contributed by atoms with E-state index < -0.39 is 0 Å². The van der Waals surface area contributed by atoms with Gasteiger partial charge in [-0.05, 0) is 43.2 Å². The highest BCUT2D eigenvalue weighted by atomic mass is 35.5. The number of likely N-dealkylation sites (tertiary alicyclic amines) is 2. The third kappa shape index (κ3) is 3.71. The molecule has 0 radical (unpaired) electrons. The van der Waals surface area contributed by atoms with E-state index in [0.29, 0.717) is 5.92 Å². The van der Waals surface area contributed by atoms with Crippen molar-refractivity contribution in [1.82, 2.24) is 15.1 Å². The van der Waals surface area contributed by atoms with Gasteiger partial charge in [0.05, 0.1) is 5.60 Å². The topological polar surface area (TPSA) is 44.8 Å². The summed E-state index contributed by atoms with van der Waals surface area (Å²) in [5.41, 5.74) is 1.16. The maximum atomic E-state index is 12.1. The Bertz CT molecular complexity index is 642. The molecule has 0 bridgehead atoms. The number of amides is 2. The van der Waals surface area contributed by atoms with Gasteiger partial charge < -0.3 is 15.0 Å². The first-order chi connectivity index (χ1) is 12.7. The van der Waals surface area contributed by atoms with Crippen LogP contribution in [0, 0.1) is 5.92 Å². The molecule has 3 fully saturated rings. The fraction of sp³-hybridized carbons (Fsp3) is 0.650. The van der Waals surface area contributed by atoms with Gasteiger partial charge in [0.15, 0.2) is 0 Å². The lowest BCUT2D eigenvalue weighted by Gasteiger charge is -2.50. The number of hydrogen-bond acceptors (Lipinski definition) is 3. The Morgan fingerprint density at radius 2 is 2.04 bits per heavy atom. The first-order valence-electron chi connectivity index (χ1n) is 9.79. The third-order valence-electron chi connectivity index (χ3n) is 6.10. The van der Waals surface area contributed by atoms with Crippen molar-refractivity contribution in [1.29, 1.82) is 0 Å². The average molecular weight is 378 g/mol. The monoisotopic (exact) mass is 377 g/mol. The zero-order chi connectivity index (χ0) is 18.0. The maximum Gasteiger partial charge on any atom is 0.317 e. The molecule has 142 valence electrons. The summed E-state index contributed by atoms with van der Waals surface area (Å²) in [5.74, 6) is 0.531. The number of halogens is 1. The van der Waals surface area contributed by atoms with Gasteiger partial charge in [0.2, 0.25) is 0 Å². The number of nitrogens with one attached hydrogen (secondary N) is 1. The molecule has 3 saturated heterocycles. The normalized spacial score (nSPS) is 24.8. The van der Waals surface area contributed by atoms with Gasteiger partial charge in [0.25, 0.3) is 0 Å². The van der Waals surface area contributed by atoms with Gasteiger partial charge in [-0.1, -0.05) is 29.8 Å². The van der Waals surface area contributed by atoms with Gasteiger partial charge in [-0.2, -0.15) is 0 Å². The summed E-state index contributed by atoms with van der Waals surface area (Å²) in [6.45, 7) is 6.19. The molecule has 1 spiro atoms. The predicted molar refractivity (Wildman–Crippen MR) is 102 cm³/mol. The SMILES string of the molecule is O=C(NCC[C@@H]1CCOC12CN(Cc1ccccc1Cl)C2)N1CCCC1. The molecular weight excluding hydrogens is 350 g/mol. The highest BCUT2D eigenvalue weighted by Crippen LogP contribution is 2.42. The predicted octanol–water partition coefficient (Wildman–Crippen LogP) is 3.13. The summed E-state index contributed by atoms with van der Waals surface area (Å²) in [6, 6.07) is 8.15. The summed E-state index contributed by atoms with van der Waals surface area (Å²) >= 11 is 6.28. The number of hydrogen-bond donors (Lipinski definition) is 1. The van der Waals surface area contributed by atoms with Crippen molar-refractivity contribution >= 4 is 17.6 Å². The van der Waals surface area contributed by atoms with Crippen LogP contribution in [0.2, 0.25) is 5.02 Å². The Hall–Kier alpha value is -1.30. The van der Waals surface area contributed by atoms with Crippen LogP contribution in [0.5, 0.6) is 0 Å².